The molecule has 2 aromatic carbocycles. The monoisotopic (exact) mass is 265 g/mol. The van der Waals surface area contributed by atoms with Gasteiger partial charge in [-0.25, -0.2) is 0 Å². The van der Waals surface area contributed by atoms with Gasteiger partial charge in [0.1, 0.15) is 5.75 Å². The van der Waals surface area contributed by atoms with Crippen LogP contribution in [-0.2, 0) is 0 Å². The third-order valence-electron chi connectivity index (χ3n) is 2.29. The molecule has 0 aliphatic carbocycles. The zero-order valence-electron chi connectivity index (χ0n) is 9.31. The van der Waals surface area contributed by atoms with Gasteiger partial charge in [-0.3, -0.25) is 0 Å². The topological polar surface area (TPSA) is 35.2 Å². The molecule has 2 N–H and O–H groups in total. The molecule has 0 bridgehead atoms. The highest BCUT2D eigenvalue weighted by Gasteiger charge is 2.11. The molecule has 0 unspecified atom stereocenters. The van der Waals surface area contributed by atoms with Crippen molar-refractivity contribution in [1.82, 2.24) is 0 Å². The lowest BCUT2D eigenvalue weighted by Crippen LogP contribution is -1.94. The van der Waals surface area contributed by atoms with E-state index in [0.29, 0.717) is 10.7 Å². The van der Waals surface area contributed by atoms with Gasteiger partial charge in [0.05, 0.1) is 22.7 Å². The fourth-order valence-electron chi connectivity index (χ4n) is 1.43. The second-order valence-corrected chi connectivity index (χ2v) is 4.90. The standard InChI is InChI=1S/C13H12ClNOS/c1-16-11-8-7-10(14)12(15)13(11)17-9-5-3-2-4-6-9/h2-8H,15H2,1H3. The highest BCUT2D eigenvalue weighted by Crippen LogP contribution is 2.42. The number of hydrogen-bond acceptors (Lipinski definition) is 3. The van der Waals surface area contributed by atoms with Gasteiger partial charge in [-0.15, -0.1) is 0 Å². The number of anilines is 1. The molecule has 0 fully saturated rings. The van der Waals surface area contributed by atoms with Gasteiger partial charge in [0.15, 0.2) is 0 Å². The second-order valence-electron chi connectivity index (χ2n) is 3.41. The van der Waals surface area contributed by atoms with Crippen molar-refractivity contribution in [3.63, 3.8) is 0 Å². The van der Waals surface area contributed by atoms with Gasteiger partial charge in [0.2, 0.25) is 0 Å². The van der Waals surface area contributed by atoms with Crippen LogP contribution in [0.25, 0.3) is 0 Å². The zero-order valence-corrected chi connectivity index (χ0v) is 10.9. The summed E-state index contributed by atoms with van der Waals surface area (Å²) in [6.45, 7) is 0. The Morgan fingerprint density at radius 2 is 1.82 bits per heavy atom. The van der Waals surface area contributed by atoms with E-state index in [4.69, 9.17) is 22.1 Å². The normalized spacial score (nSPS) is 10.2. The van der Waals surface area contributed by atoms with Gasteiger partial charge in [-0.1, -0.05) is 41.6 Å². The molecular formula is C13H12ClNOS. The van der Waals surface area contributed by atoms with Gasteiger partial charge in [0, 0.05) is 4.90 Å². The van der Waals surface area contributed by atoms with Crippen LogP contribution in [0.5, 0.6) is 5.75 Å². The first-order chi connectivity index (χ1) is 8.22. The van der Waals surface area contributed by atoms with Gasteiger partial charge >= 0.3 is 0 Å². The van der Waals surface area contributed by atoms with E-state index in [0.717, 1.165) is 15.5 Å². The summed E-state index contributed by atoms with van der Waals surface area (Å²) < 4.78 is 5.29. The molecule has 0 heterocycles. The van der Waals surface area contributed by atoms with Gasteiger partial charge in [-0.05, 0) is 24.3 Å². The number of hydrogen-bond donors (Lipinski definition) is 1. The molecule has 0 aliphatic heterocycles. The number of rotatable bonds is 3. The highest BCUT2D eigenvalue weighted by atomic mass is 35.5. The molecule has 0 spiro atoms. The van der Waals surface area contributed by atoms with Crippen LogP contribution in [0.1, 0.15) is 0 Å². The Labute approximate surface area is 110 Å². The highest BCUT2D eigenvalue weighted by molar-refractivity contribution is 7.99. The van der Waals surface area contributed by atoms with E-state index < -0.39 is 0 Å². The SMILES string of the molecule is COc1ccc(Cl)c(N)c1Sc1ccccc1. The molecule has 2 rings (SSSR count). The van der Waals surface area contributed by atoms with E-state index in [9.17, 15) is 0 Å². The molecule has 0 aromatic heterocycles. The third kappa shape index (κ3) is 2.68. The lowest BCUT2D eigenvalue weighted by Gasteiger charge is -2.11. The summed E-state index contributed by atoms with van der Waals surface area (Å²) in [5, 5.41) is 0.546. The smallest absolute Gasteiger partial charge is 0.134 e. The largest absolute Gasteiger partial charge is 0.495 e. The minimum absolute atomic E-state index is 0.546. The average molecular weight is 266 g/mol. The Bertz CT molecular complexity index is 516. The van der Waals surface area contributed by atoms with Crippen molar-refractivity contribution in [2.45, 2.75) is 9.79 Å². The van der Waals surface area contributed by atoms with E-state index in [2.05, 4.69) is 0 Å². The Morgan fingerprint density at radius 3 is 2.47 bits per heavy atom. The van der Waals surface area contributed by atoms with Crippen LogP contribution in [0, 0.1) is 0 Å². The van der Waals surface area contributed by atoms with E-state index in [-0.39, 0.29) is 0 Å². The van der Waals surface area contributed by atoms with Crippen LogP contribution in [0.2, 0.25) is 5.02 Å². The Morgan fingerprint density at radius 1 is 1.12 bits per heavy atom. The average Bonchev–Trinajstić information content (AvgIpc) is 2.37. The predicted octanol–water partition coefficient (Wildman–Crippen LogP) is 4.08. The van der Waals surface area contributed by atoms with Crippen molar-refractivity contribution in [1.29, 1.82) is 0 Å². The maximum atomic E-state index is 6.02. The number of nitrogens with two attached hydrogens (primary N) is 1. The summed E-state index contributed by atoms with van der Waals surface area (Å²) >= 11 is 7.56. The summed E-state index contributed by atoms with van der Waals surface area (Å²) in [5.41, 5.74) is 6.53. The van der Waals surface area contributed by atoms with Crippen molar-refractivity contribution in [2.24, 2.45) is 0 Å². The van der Waals surface area contributed by atoms with E-state index >= 15 is 0 Å². The predicted molar refractivity (Wildman–Crippen MR) is 73.0 cm³/mol. The molecule has 2 aromatic rings. The Kier molecular flexibility index (Phi) is 3.82. The summed E-state index contributed by atoms with van der Waals surface area (Å²) in [6.07, 6.45) is 0. The fourth-order valence-corrected chi connectivity index (χ4v) is 2.64. The number of nitrogen functional groups attached to an aromatic ring is 1. The summed E-state index contributed by atoms with van der Waals surface area (Å²) in [5.74, 6) is 0.737. The van der Waals surface area contributed by atoms with Crippen LogP contribution in [0.4, 0.5) is 5.69 Å². The molecule has 17 heavy (non-hydrogen) atoms. The molecule has 0 saturated heterocycles. The van der Waals surface area contributed by atoms with Gasteiger partial charge in [-0.2, -0.15) is 0 Å². The first kappa shape index (κ1) is 12.1. The summed E-state index contributed by atoms with van der Waals surface area (Å²) in [6, 6.07) is 13.5. The van der Waals surface area contributed by atoms with Crippen molar-refractivity contribution in [3.8, 4) is 5.75 Å². The van der Waals surface area contributed by atoms with Crippen molar-refractivity contribution in [2.75, 3.05) is 12.8 Å². The number of halogens is 1. The quantitative estimate of drug-likeness (QED) is 0.850. The van der Waals surface area contributed by atoms with E-state index in [1.54, 1.807) is 24.9 Å². The minimum atomic E-state index is 0.546. The third-order valence-corrected chi connectivity index (χ3v) is 3.75. The summed E-state index contributed by atoms with van der Waals surface area (Å²) in [4.78, 5) is 1.95. The second kappa shape index (κ2) is 5.34. The molecule has 0 radical (unpaired) electrons. The fraction of sp³-hybridized carbons (Fsp3) is 0.0769. The van der Waals surface area contributed by atoms with Crippen molar-refractivity contribution in [3.05, 3.63) is 47.5 Å². The first-order valence-electron chi connectivity index (χ1n) is 5.07. The molecule has 4 heteroatoms. The molecule has 88 valence electrons. The number of methoxy groups -OCH3 is 1. The number of benzene rings is 2. The van der Waals surface area contributed by atoms with E-state index in [1.807, 2.05) is 36.4 Å². The zero-order chi connectivity index (χ0) is 12.3. The van der Waals surface area contributed by atoms with E-state index in [1.165, 1.54) is 0 Å². The maximum Gasteiger partial charge on any atom is 0.134 e. The molecule has 0 aliphatic rings. The lowest BCUT2D eigenvalue weighted by molar-refractivity contribution is 0.405. The van der Waals surface area contributed by atoms with Crippen molar-refractivity contribution < 1.29 is 4.74 Å². The van der Waals surface area contributed by atoms with Gasteiger partial charge < -0.3 is 10.5 Å². The lowest BCUT2D eigenvalue weighted by atomic mass is 10.3. The molecule has 2 nitrogen and oxygen atoms in total. The van der Waals surface area contributed by atoms with Crippen LogP contribution < -0.4 is 10.5 Å². The van der Waals surface area contributed by atoms with Crippen LogP contribution >= 0.6 is 23.4 Å². The Balaban J connectivity index is 2.41. The molecular weight excluding hydrogens is 254 g/mol. The summed E-state index contributed by atoms with van der Waals surface area (Å²) in [7, 11) is 1.62. The van der Waals surface area contributed by atoms with Crippen LogP contribution in [0.15, 0.2) is 52.3 Å². The molecule has 0 saturated carbocycles. The van der Waals surface area contributed by atoms with Crippen molar-refractivity contribution >= 4 is 29.1 Å². The van der Waals surface area contributed by atoms with Gasteiger partial charge in [0.25, 0.3) is 0 Å². The molecule has 0 amide bonds. The maximum absolute atomic E-state index is 6.02. The van der Waals surface area contributed by atoms with Crippen LogP contribution in [0.3, 0.4) is 0 Å². The van der Waals surface area contributed by atoms with Crippen LogP contribution in [-0.4, -0.2) is 7.11 Å². The Hall–Kier alpha value is -1.32. The number of ether oxygens (including phenoxy) is 1. The molecule has 0 atom stereocenters. The minimum Gasteiger partial charge on any atom is -0.495 e. The first-order valence-corrected chi connectivity index (χ1v) is 6.26.